The predicted molar refractivity (Wildman–Crippen MR) is 70.7 cm³/mol. The van der Waals surface area contributed by atoms with Crippen molar-refractivity contribution in [1.82, 2.24) is 15.5 Å². The minimum atomic E-state index is 0.0155. The quantitative estimate of drug-likeness (QED) is 0.915. The van der Waals surface area contributed by atoms with Crippen LogP contribution in [-0.2, 0) is 5.41 Å². The Morgan fingerprint density at radius 1 is 1.21 bits per heavy atom. The third-order valence-corrected chi connectivity index (χ3v) is 4.30. The zero-order valence-corrected chi connectivity index (χ0v) is 10.8. The van der Waals surface area contributed by atoms with Crippen LogP contribution in [0.2, 0.25) is 0 Å². The van der Waals surface area contributed by atoms with Crippen molar-refractivity contribution in [2.45, 2.75) is 37.1 Å². The van der Waals surface area contributed by atoms with Gasteiger partial charge in [0, 0.05) is 0 Å². The largest absolute Gasteiger partial charge is 0.338 e. The van der Waals surface area contributed by atoms with Crippen molar-refractivity contribution in [3.63, 3.8) is 0 Å². The molecule has 1 saturated heterocycles. The minimum absolute atomic E-state index is 0.0155. The first-order valence-corrected chi connectivity index (χ1v) is 7.01. The molecular weight excluding hydrogens is 238 g/mol. The summed E-state index contributed by atoms with van der Waals surface area (Å²) >= 11 is 0. The maximum absolute atomic E-state index is 5.47. The van der Waals surface area contributed by atoms with Crippen LogP contribution in [0.4, 0.5) is 0 Å². The fraction of sp³-hybridized carbons (Fsp3) is 0.467. The molecule has 4 rings (SSSR count). The summed E-state index contributed by atoms with van der Waals surface area (Å²) < 4.78 is 5.47. The van der Waals surface area contributed by atoms with Gasteiger partial charge in [-0.1, -0.05) is 35.5 Å². The van der Waals surface area contributed by atoms with Crippen LogP contribution in [0.1, 0.15) is 49.0 Å². The summed E-state index contributed by atoms with van der Waals surface area (Å²) in [6.07, 6.45) is 4.52. The second-order valence-corrected chi connectivity index (χ2v) is 5.55. The van der Waals surface area contributed by atoms with Gasteiger partial charge < -0.3 is 9.84 Å². The van der Waals surface area contributed by atoms with E-state index in [0.717, 1.165) is 37.5 Å². The molecule has 2 aliphatic rings. The first-order chi connectivity index (χ1) is 9.38. The number of benzene rings is 1. The molecule has 0 spiro atoms. The summed E-state index contributed by atoms with van der Waals surface area (Å²) in [5.74, 6) is 1.62. The molecular formula is C15H17N3O. The lowest BCUT2D eigenvalue weighted by molar-refractivity contribution is 0.339. The fourth-order valence-electron chi connectivity index (χ4n) is 2.99. The standard InChI is InChI=1S/C15H17N3O/c1-2-5-11(6-3-1)15(8-9-15)14-17-13(19-18-14)12-7-4-10-16-12/h1-3,5-6,12,16H,4,7-10H2/t12-/m0/s1. The third kappa shape index (κ3) is 1.78. The highest BCUT2D eigenvalue weighted by Crippen LogP contribution is 2.52. The van der Waals surface area contributed by atoms with E-state index in [0.29, 0.717) is 0 Å². The van der Waals surface area contributed by atoms with Gasteiger partial charge in [0.05, 0.1) is 11.5 Å². The van der Waals surface area contributed by atoms with Gasteiger partial charge in [0.2, 0.25) is 5.89 Å². The van der Waals surface area contributed by atoms with Crippen LogP contribution in [0, 0.1) is 0 Å². The summed E-state index contributed by atoms with van der Waals surface area (Å²) in [7, 11) is 0. The lowest BCUT2D eigenvalue weighted by Crippen LogP contribution is -2.14. The molecule has 1 aliphatic carbocycles. The summed E-state index contributed by atoms with van der Waals surface area (Å²) in [5.41, 5.74) is 1.32. The molecule has 4 nitrogen and oxygen atoms in total. The Morgan fingerprint density at radius 2 is 2.05 bits per heavy atom. The molecule has 19 heavy (non-hydrogen) atoms. The highest BCUT2D eigenvalue weighted by Gasteiger charge is 2.50. The molecule has 1 aromatic heterocycles. The molecule has 98 valence electrons. The molecule has 2 aromatic rings. The van der Waals surface area contributed by atoms with Crippen LogP contribution >= 0.6 is 0 Å². The molecule has 1 saturated carbocycles. The number of nitrogens with zero attached hydrogens (tertiary/aromatic N) is 2. The lowest BCUT2D eigenvalue weighted by atomic mass is 9.95. The first-order valence-electron chi connectivity index (χ1n) is 7.01. The summed E-state index contributed by atoms with van der Waals surface area (Å²) in [6, 6.07) is 10.8. The van der Waals surface area contributed by atoms with Gasteiger partial charge in [-0.2, -0.15) is 4.98 Å². The Balaban J connectivity index is 1.66. The predicted octanol–water partition coefficient (Wildman–Crippen LogP) is 2.57. The van der Waals surface area contributed by atoms with Crippen molar-refractivity contribution in [3.8, 4) is 0 Å². The SMILES string of the molecule is c1ccc(C2(c3noc([C@@H]4CCCN4)n3)CC2)cc1. The third-order valence-electron chi connectivity index (χ3n) is 4.30. The molecule has 2 heterocycles. The van der Waals surface area contributed by atoms with Gasteiger partial charge in [0.1, 0.15) is 0 Å². The molecule has 0 radical (unpaired) electrons. The highest BCUT2D eigenvalue weighted by atomic mass is 16.5. The van der Waals surface area contributed by atoms with E-state index >= 15 is 0 Å². The maximum atomic E-state index is 5.47. The van der Waals surface area contributed by atoms with Gasteiger partial charge >= 0.3 is 0 Å². The first kappa shape index (κ1) is 11.2. The number of aromatic nitrogens is 2. The molecule has 0 bridgehead atoms. The van der Waals surface area contributed by atoms with Crippen molar-refractivity contribution in [1.29, 1.82) is 0 Å². The number of nitrogens with one attached hydrogen (secondary N) is 1. The molecule has 1 aliphatic heterocycles. The number of hydrogen-bond donors (Lipinski definition) is 1. The van der Waals surface area contributed by atoms with E-state index in [2.05, 4.69) is 39.7 Å². The monoisotopic (exact) mass is 255 g/mol. The van der Waals surface area contributed by atoms with E-state index in [-0.39, 0.29) is 11.5 Å². The Bertz CT molecular complexity index is 568. The Kier molecular flexibility index (Phi) is 2.45. The zero-order chi connectivity index (χ0) is 12.7. The number of hydrogen-bond acceptors (Lipinski definition) is 4. The van der Waals surface area contributed by atoms with Crippen LogP contribution in [0.15, 0.2) is 34.9 Å². The molecule has 2 fully saturated rings. The summed E-state index contributed by atoms with van der Waals surface area (Å²) in [6.45, 7) is 1.05. The Hall–Kier alpha value is -1.68. The second-order valence-electron chi connectivity index (χ2n) is 5.55. The van der Waals surface area contributed by atoms with Gasteiger partial charge in [-0.25, -0.2) is 0 Å². The van der Waals surface area contributed by atoms with E-state index in [1.807, 2.05) is 6.07 Å². The molecule has 1 N–H and O–H groups in total. The Labute approximate surface area is 112 Å². The van der Waals surface area contributed by atoms with Gasteiger partial charge in [0.25, 0.3) is 0 Å². The summed E-state index contributed by atoms with van der Waals surface area (Å²) in [5, 5.41) is 7.65. The van der Waals surface area contributed by atoms with Crippen LogP contribution in [0.5, 0.6) is 0 Å². The van der Waals surface area contributed by atoms with E-state index in [1.54, 1.807) is 0 Å². The highest BCUT2D eigenvalue weighted by molar-refractivity contribution is 5.38. The average molecular weight is 255 g/mol. The van der Waals surface area contributed by atoms with Crippen molar-refractivity contribution in [2.75, 3.05) is 6.54 Å². The van der Waals surface area contributed by atoms with E-state index in [1.165, 1.54) is 12.0 Å². The molecule has 0 amide bonds. The maximum Gasteiger partial charge on any atom is 0.243 e. The van der Waals surface area contributed by atoms with Gasteiger partial charge in [-0.3, -0.25) is 0 Å². The fourth-order valence-corrected chi connectivity index (χ4v) is 2.99. The van der Waals surface area contributed by atoms with Crippen LogP contribution in [0.25, 0.3) is 0 Å². The molecule has 1 aromatic carbocycles. The minimum Gasteiger partial charge on any atom is -0.338 e. The van der Waals surface area contributed by atoms with Crippen LogP contribution < -0.4 is 5.32 Å². The second kappa shape index (κ2) is 4.17. The molecule has 0 unspecified atom stereocenters. The zero-order valence-electron chi connectivity index (χ0n) is 10.8. The van der Waals surface area contributed by atoms with Crippen LogP contribution in [0.3, 0.4) is 0 Å². The normalized spacial score (nSPS) is 24.5. The van der Waals surface area contributed by atoms with Gasteiger partial charge in [-0.05, 0) is 37.8 Å². The van der Waals surface area contributed by atoms with E-state index < -0.39 is 0 Å². The topological polar surface area (TPSA) is 51.0 Å². The van der Waals surface area contributed by atoms with Gasteiger partial charge in [-0.15, -0.1) is 0 Å². The van der Waals surface area contributed by atoms with Crippen molar-refractivity contribution in [2.24, 2.45) is 0 Å². The Morgan fingerprint density at radius 3 is 2.74 bits per heavy atom. The van der Waals surface area contributed by atoms with Crippen LogP contribution in [-0.4, -0.2) is 16.7 Å². The molecule has 4 heteroatoms. The lowest BCUT2D eigenvalue weighted by Gasteiger charge is -2.10. The molecule has 1 atom stereocenters. The van der Waals surface area contributed by atoms with Crippen molar-refractivity contribution < 1.29 is 4.52 Å². The van der Waals surface area contributed by atoms with E-state index in [4.69, 9.17) is 4.52 Å². The van der Waals surface area contributed by atoms with Gasteiger partial charge in [0.15, 0.2) is 5.82 Å². The summed E-state index contributed by atoms with van der Waals surface area (Å²) in [4.78, 5) is 4.66. The van der Waals surface area contributed by atoms with Crippen molar-refractivity contribution >= 4 is 0 Å². The van der Waals surface area contributed by atoms with Crippen molar-refractivity contribution in [3.05, 3.63) is 47.6 Å². The smallest absolute Gasteiger partial charge is 0.243 e. The number of rotatable bonds is 3. The average Bonchev–Trinajstić information content (AvgIpc) is 2.92. The van der Waals surface area contributed by atoms with E-state index in [9.17, 15) is 0 Å².